The Labute approximate surface area is 86.9 Å². The van der Waals surface area contributed by atoms with E-state index in [4.69, 9.17) is 0 Å². The number of phenolic OH excluding ortho intramolecular Hbond substituents is 1. The summed E-state index contributed by atoms with van der Waals surface area (Å²) < 4.78 is 26.2. The van der Waals surface area contributed by atoms with Gasteiger partial charge < -0.3 is 10.4 Å². The molecule has 0 saturated carbocycles. The zero-order valence-corrected chi connectivity index (χ0v) is 8.26. The number of nitrogens with one attached hydrogen (secondary N) is 1. The van der Waals surface area contributed by atoms with Crippen LogP contribution in [-0.4, -0.2) is 11.7 Å². The lowest BCUT2D eigenvalue weighted by molar-refractivity contribution is 0.374. The molecule has 1 fully saturated rings. The van der Waals surface area contributed by atoms with Crippen LogP contribution in [-0.2, 0) is 0 Å². The third-order valence-electron chi connectivity index (χ3n) is 2.73. The minimum absolute atomic E-state index is 0.191. The van der Waals surface area contributed by atoms with E-state index in [0.29, 0.717) is 0 Å². The Kier molecular flexibility index (Phi) is 2.86. The van der Waals surface area contributed by atoms with Crippen LogP contribution in [0, 0.1) is 11.6 Å². The van der Waals surface area contributed by atoms with Crippen molar-refractivity contribution in [1.82, 2.24) is 5.32 Å². The van der Waals surface area contributed by atoms with Gasteiger partial charge in [0.05, 0.1) is 0 Å². The van der Waals surface area contributed by atoms with Crippen molar-refractivity contribution in [3.8, 4) is 5.75 Å². The van der Waals surface area contributed by atoms with Gasteiger partial charge in [0.1, 0.15) is 17.4 Å². The number of rotatable bonds is 1. The SMILES string of the molecule is Oc1cc(F)cc(F)c1[C@@H]1CCCCN1. The van der Waals surface area contributed by atoms with E-state index in [0.717, 1.165) is 37.9 Å². The molecule has 0 unspecified atom stereocenters. The lowest BCUT2D eigenvalue weighted by Crippen LogP contribution is -2.27. The molecule has 1 saturated heterocycles. The maximum absolute atomic E-state index is 13.5. The first-order valence-electron chi connectivity index (χ1n) is 5.10. The molecule has 15 heavy (non-hydrogen) atoms. The topological polar surface area (TPSA) is 32.3 Å². The molecule has 1 aromatic carbocycles. The van der Waals surface area contributed by atoms with Crippen LogP contribution in [0.2, 0.25) is 0 Å². The van der Waals surface area contributed by atoms with Crippen molar-refractivity contribution in [2.45, 2.75) is 25.3 Å². The summed E-state index contributed by atoms with van der Waals surface area (Å²) in [7, 11) is 0. The number of phenols is 1. The van der Waals surface area contributed by atoms with Crippen molar-refractivity contribution in [1.29, 1.82) is 0 Å². The van der Waals surface area contributed by atoms with E-state index >= 15 is 0 Å². The maximum Gasteiger partial charge on any atom is 0.134 e. The summed E-state index contributed by atoms with van der Waals surface area (Å²) >= 11 is 0. The normalized spacial score (nSPS) is 21.6. The van der Waals surface area contributed by atoms with Crippen LogP contribution in [0.5, 0.6) is 5.75 Å². The van der Waals surface area contributed by atoms with Gasteiger partial charge >= 0.3 is 0 Å². The summed E-state index contributed by atoms with van der Waals surface area (Å²) in [6, 6.07) is 1.57. The van der Waals surface area contributed by atoms with Crippen LogP contribution in [0.1, 0.15) is 30.9 Å². The van der Waals surface area contributed by atoms with Gasteiger partial charge in [-0.15, -0.1) is 0 Å². The predicted molar refractivity (Wildman–Crippen MR) is 52.6 cm³/mol. The molecule has 0 radical (unpaired) electrons. The molecule has 0 aromatic heterocycles. The Balaban J connectivity index is 2.33. The number of benzene rings is 1. The van der Waals surface area contributed by atoms with Gasteiger partial charge in [-0.05, 0) is 19.4 Å². The number of piperidine rings is 1. The number of aromatic hydroxyl groups is 1. The predicted octanol–water partition coefficient (Wildman–Crippen LogP) is 2.49. The van der Waals surface area contributed by atoms with Crippen molar-refractivity contribution in [3.63, 3.8) is 0 Å². The highest BCUT2D eigenvalue weighted by molar-refractivity contribution is 5.36. The second-order valence-corrected chi connectivity index (χ2v) is 3.82. The van der Waals surface area contributed by atoms with E-state index < -0.39 is 11.6 Å². The lowest BCUT2D eigenvalue weighted by atomic mass is 9.96. The number of hydrogen-bond acceptors (Lipinski definition) is 2. The molecular weight excluding hydrogens is 200 g/mol. The zero-order valence-electron chi connectivity index (χ0n) is 8.26. The van der Waals surface area contributed by atoms with Gasteiger partial charge in [0.2, 0.25) is 0 Å². The Morgan fingerprint density at radius 2 is 2.07 bits per heavy atom. The average molecular weight is 213 g/mol. The van der Waals surface area contributed by atoms with E-state index in [1.807, 2.05) is 0 Å². The fourth-order valence-electron chi connectivity index (χ4n) is 2.01. The van der Waals surface area contributed by atoms with Gasteiger partial charge in [-0.3, -0.25) is 0 Å². The standard InChI is InChI=1S/C11H13F2NO/c12-7-5-8(13)11(10(15)6-7)9-3-1-2-4-14-9/h5-6,9,14-15H,1-4H2/t9-/m0/s1. The van der Waals surface area contributed by atoms with Crippen LogP contribution < -0.4 is 5.32 Å². The first-order chi connectivity index (χ1) is 7.18. The highest BCUT2D eigenvalue weighted by Crippen LogP contribution is 2.32. The van der Waals surface area contributed by atoms with Gasteiger partial charge in [0.15, 0.2) is 0 Å². The van der Waals surface area contributed by atoms with Gasteiger partial charge in [0, 0.05) is 23.7 Å². The number of hydrogen-bond donors (Lipinski definition) is 2. The lowest BCUT2D eigenvalue weighted by Gasteiger charge is -2.24. The van der Waals surface area contributed by atoms with Crippen LogP contribution >= 0.6 is 0 Å². The Hall–Kier alpha value is -1.16. The number of halogens is 2. The minimum Gasteiger partial charge on any atom is -0.507 e. The largest absolute Gasteiger partial charge is 0.507 e. The van der Waals surface area contributed by atoms with Crippen LogP contribution in [0.4, 0.5) is 8.78 Å². The quantitative estimate of drug-likeness (QED) is 0.751. The summed E-state index contributed by atoms with van der Waals surface area (Å²) in [5.41, 5.74) is 0.191. The fraction of sp³-hybridized carbons (Fsp3) is 0.455. The van der Waals surface area contributed by atoms with E-state index in [-0.39, 0.29) is 17.4 Å². The van der Waals surface area contributed by atoms with E-state index in [2.05, 4.69) is 5.32 Å². The van der Waals surface area contributed by atoms with Crippen molar-refractivity contribution < 1.29 is 13.9 Å². The molecule has 82 valence electrons. The molecule has 1 aromatic rings. The Bertz CT molecular complexity index is 339. The van der Waals surface area contributed by atoms with Crippen molar-refractivity contribution in [2.24, 2.45) is 0 Å². The highest BCUT2D eigenvalue weighted by atomic mass is 19.1. The van der Waals surface area contributed by atoms with Gasteiger partial charge in [-0.25, -0.2) is 8.78 Å². The molecule has 4 heteroatoms. The second-order valence-electron chi connectivity index (χ2n) is 3.82. The molecule has 0 aliphatic carbocycles. The smallest absolute Gasteiger partial charge is 0.134 e. The molecule has 0 bridgehead atoms. The molecule has 1 aliphatic rings. The second kappa shape index (κ2) is 4.14. The fourth-order valence-corrected chi connectivity index (χ4v) is 2.01. The van der Waals surface area contributed by atoms with Crippen LogP contribution in [0.3, 0.4) is 0 Å². The molecule has 0 spiro atoms. The van der Waals surface area contributed by atoms with Crippen molar-refractivity contribution in [2.75, 3.05) is 6.54 Å². The summed E-state index contributed by atoms with van der Waals surface area (Å²) in [6.07, 6.45) is 2.82. The molecule has 2 nitrogen and oxygen atoms in total. The van der Waals surface area contributed by atoms with Crippen LogP contribution in [0.15, 0.2) is 12.1 Å². The maximum atomic E-state index is 13.5. The van der Waals surface area contributed by atoms with E-state index in [9.17, 15) is 13.9 Å². The third-order valence-corrected chi connectivity index (χ3v) is 2.73. The molecule has 1 atom stereocenters. The first kappa shape index (κ1) is 10.4. The monoisotopic (exact) mass is 213 g/mol. The summed E-state index contributed by atoms with van der Waals surface area (Å²) in [5.74, 6) is -1.72. The Morgan fingerprint density at radius 3 is 2.67 bits per heavy atom. The van der Waals surface area contributed by atoms with Crippen molar-refractivity contribution >= 4 is 0 Å². The molecule has 0 amide bonds. The average Bonchev–Trinajstić information content (AvgIpc) is 2.17. The zero-order chi connectivity index (χ0) is 10.8. The van der Waals surface area contributed by atoms with Gasteiger partial charge in [-0.1, -0.05) is 6.42 Å². The first-order valence-corrected chi connectivity index (χ1v) is 5.10. The van der Waals surface area contributed by atoms with E-state index in [1.165, 1.54) is 0 Å². The highest BCUT2D eigenvalue weighted by Gasteiger charge is 2.22. The minimum atomic E-state index is -0.746. The summed E-state index contributed by atoms with van der Waals surface area (Å²) in [4.78, 5) is 0. The van der Waals surface area contributed by atoms with Gasteiger partial charge in [-0.2, -0.15) is 0 Å². The molecule has 2 rings (SSSR count). The third kappa shape index (κ3) is 2.09. The molecular formula is C11H13F2NO. The summed E-state index contributed by atoms with van der Waals surface area (Å²) in [5, 5.41) is 12.6. The summed E-state index contributed by atoms with van der Waals surface area (Å²) in [6.45, 7) is 0.806. The van der Waals surface area contributed by atoms with E-state index in [1.54, 1.807) is 0 Å². The van der Waals surface area contributed by atoms with Gasteiger partial charge in [0.25, 0.3) is 0 Å². The van der Waals surface area contributed by atoms with Crippen LogP contribution in [0.25, 0.3) is 0 Å². The Morgan fingerprint density at radius 1 is 1.27 bits per heavy atom. The molecule has 1 aliphatic heterocycles. The molecule has 1 heterocycles. The molecule has 2 N–H and O–H groups in total. The van der Waals surface area contributed by atoms with Crippen molar-refractivity contribution in [3.05, 3.63) is 29.3 Å².